The summed E-state index contributed by atoms with van der Waals surface area (Å²) in [4.78, 5) is 36.0. The third-order valence-corrected chi connectivity index (χ3v) is 4.81. The van der Waals surface area contributed by atoms with Crippen molar-refractivity contribution in [1.29, 1.82) is 0 Å². The van der Waals surface area contributed by atoms with Gasteiger partial charge in [0.1, 0.15) is 16.8 Å². The van der Waals surface area contributed by atoms with Gasteiger partial charge in [-0.1, -0.05) is 6.92 Å². The molecule has 26 heavy (non-hydrogen) atoms. The Hall–Kier alpha value is -1.48. The Labute approximate surface area is 155 Å². The molecule has 0 rings (SSSR count). The lowest BCUT2D eigenvalue weighted by atomic mass is 9.87. The van der Waals surface area contributed by atoms with Gasteiger partial charge in [0.15, 0.2) is 0 Å². The predicted molar refractivity (Wildman–Crippen MR) is 94.5 cm³/mol. The molecule has 0 spiro atoms. The first-order valence-corrected chi connectivity index (χ1v) is 9.83. The van der Waals surface area contributed by atoms with Crippen LogP contribution >= 0.6 is 0 Å². The third-order valence-electron chi connectivity index (χ3n) is 3.92. The smallest absolute Gasteiger partial charge is 0.322 e. The molecule has 0 aliphatic carbocycles. The highest BCUT2D eigenvalue weighted by molar-refractivity contribution is 7.86. The zero-order chi connectivity index (χ0) is 21.0. The van der Waals surface area contributed by atoms with E-state index >= 15 is 0 Å². The van der Waals surface area contributed by atoms with Gasteiger partial charge in [-0.25, -0.2) is 0 Å². The summed E-state index contributed by atoms with van der Waals surface area (Å²) in [6.45, 7) is 11.5. The van der Waals surface area contributed by atoms with Crippen LogP contribution in [0.1, 0.15) is 61.8 Å². The molecule has 1 atom stereocenters. The molecule has 1 unspecified atom stereocenters. The number of rotatable bonds is 9. The van der Waals surface area contributed by atoms with Crippen LogP contribution in [-0.2, 0) is 38.2 Å². The molecule has 152 valence electrons. The second-order valence-corrected chi connectivity index (χ2v) is 9.58. The molecule has 0 saturated carbocycles. The van der Waals surface area contributed by atoms with Gasteiger partial charge in [0.05, 0.1) is 12.0 Å². The van der Waals surface area contributed by atoms with Crippen LogP contribution in [0.5, 0.6) is 0 Å². The van der Waals surface area contributed by atoms with E-state index in [9.17, 15) is 22.8 Å². The zero-order valence-electron chi connectivity index (χ0n) is 16.8. The first-order valence-electron chi connectivity index (χ1n) is 8.25. The van der Waals surface area contributed by atoms with Crippen molar-refractivity contribution in [3.05, 3.63) is 0 Å². The SMILES string of the molecule is CCC(C)(C)C(=O)OCS(=O)(=O)OCC(C)(C(C)=O)C(=O)OC(C)(C)C. The Bertz CT molecular complexity index is 642. The van der Waals surface area contributed by atoms with Crippen molar-refractivity contribution >= 4 is 27.8 Å². The Kier molecular flexibility index (Phi) is 7.99. The number of Topliss-reactive ketones (excluding diaryl/α,β-unsaturated/α-hetero) is 1. The van der Waals surface area contributed by atoms with Crippen LogP contribution in [0.15, 0.2) is 0 Å². The Morgan fingerprint density at radius 2 is 1.42 bits per heavy atom. The molecule has 0 amide bonds. The lowest BCUT2D eigenvalue weighted by Gasteiger charge is -2.29. The second-order valence-electron chi connectivity index (χ2n) is 8.00. The van der Waals surface area contributed by atoms with Crippen molar-refractivity contribution in [2.75, 3.05) is 12.5 Å². The molecule has 0 heterocycles. The maximum atomic E-state index is 12.3. The number of ether oxygens (including phenoxy) is 2. The number of hydrogen-bond acceptors (Lipinski definition) is 8. The van der Waals surface area contributed by atoms with Crippen LogP contribution in [0.2, 0.25) is 0 Å². The highest BCUT2D eigenvalue weighted by atomic mass is 32.2. The van der Waals surface area contributed by atoms with E-state index in [-0.39, 0.29) is 0 Å². The maximum Gasteiger partial charge on any atom is 0.322 e. The fraction of sp³-hybridized carbons (Fsp3) is 0.824. The molecular weight excluding hydrogens is 364 g/mol. The largest absolute Gasteiger partial charge is 0.459 e. The van der Waals surface area contributed by atoms with Crippen molar-refractivity contribution in [3.8, 4) is 0 Å². The van der Waals surface area contributed by atoms with Gasteiger partial charge in [-0.3, -0.25) is 18.6 Å². The van der Waals surface area contributed by atoms with Gasteiger partial charge >= 0.3 is 22.1 Å². The minimum absolute atomic E-state index is 0.466. The van der Waals surface area contributed by atoms with Crippen molar-refractivity contribution in [2.45, 2.75) is 67.4 Å². The molecule has 0 saturated heterocycles. The number of hydrogen-bond donors (Lipinski definition) is 0. The van der Waals surface area contributed by atoms with Gasteiger partial charge in [0.25, 0.3) is 0 Å². The average Bonchev–Trinajstić information content (AvgIpc) is 2.48. The fourth-order valence-corrected chi connectivity index (χ4v) is 2.14. The summed E-state index contributed by atoms with van der Waals surface area (Å²) >= 11 is 0. The van der Waals surface area contributed by atoms with E-state index in [4.69, 9.17) is 13.7 Å². The molecular formula is C17H30O8S. The zero-order valence-corrected chi connectivity index (χ0v) is 17.6. The van der Waals surface area contributed by atoms with E-state index in [1.54, 1.807) is 41.5 Å². The van der Waals surface area contributed by atoms with E-state index in [1.165, 1.54) is 6.92 Å². The molecule has 0 aromatic heterocycles. The molecule has 0 radical (unpaired) electrons. The van der Waals surface area contributed by atoms with Crippen LogP contribution in [0.3, 0.4) is 0 Å². The maximum absolute atomic E-state index is 12.3. The van der Waals surface area contributed by atoms with Gasteiger partial charge in [-0.15, -0.1) is 0 Å². The Balaban J connectivity index is 5.06. The van der Waals surface area contributed by atoms with Gasteiger partial charge in [-0.2, -0.15) is 8.42 Å². The minimum atomic E-state index is -4.29. The lowest BCUT2D eigenvalue weighted by Crippen LogP contribution is -2.44. The number of carbonyl (C=O) groups excluding carboxylic acids is 3. The molecule has 0 aliphatic heterocycles. The first kappa shape index (κ1) is 24.5. The molecule has 0 aromatic carbocycles. The van der Waals surface area contributed by atoms with Crippen LogP contribution < -0.4 is 0 Å². The molecule has 0 N–H and O–H groups in total. The van der Waals surface area contributed by atoms with Crippen molar-refractivity contribution in [1.82, 2.24) is 0 Å². The van der Waals surface area contributed by atoms with Crippen LogP contribution in [0, 0.1) is 10.8 Å². The standard InChI is InChI=1S/C17H30O8S/c1-9-16(6,7)13(19)23-11-26(21,22)24-10-17(8,12(2)18)14(20)25-15(3,4)5/h9-11H2,1-8H3. The summed E-state index contributed by atoms with van der Waals surface area (Å²) in [5.74, 6) is -3.19. The first-order chi connectivity index (χ1) is 11.5. The van der Waals surface area contributed by atoms with Crippen molar-refractivity contribution in [3.63, 3.8) is 0 Å². The fourth-order valence-electron chi connectivity index (χ4n) is 1.40. The Morgan fingerprint density at radius 3 is 1.81 bits per heavy atom. The van der Waals surface area contributed by atoms with Crippen LogP contribution in [0.25, 0.3) is 0 Å². The summed E-state index contributed by atoms with van der Waals surface area (Å²) in [5.41, 5.74) is -3.49. The van der Waals surface area contributed by atoms with Gasteiger partial charge in [0, 0.05) is 0 Å². The molecule has 8 nitrogen and oxygen atoms in total. The highest BCUT2D eigenvalue weighted by Gasteiger charge is 2.43. The predicted octanol–water partition coefficient (Wildman–Crippen LogP) is 2.21. The van der Waals surface area contributed by atoms with Crippen LogP contribution in [0.4, 0.5) is 0 Å². The molecule has 0 aliphatic rings. The third kappa shape index (κ3) is 7.41. The molecule has 9 heteroatoms. The summed E-state index contributed by atoms with van der Waals surface area (Å²) in [5, 5.41) is 0. The second kappa shape index (κ2) is 8.47. The quantitative estimate of drug-likeness (QED) is 0.332. The van der Waals surface area contributed by atoms with E-state index in [0.717, 1.165) is 6.92 Å². The van der Waals surface area contributed by atoms with E-state index in [2.05, 4.69) is 0 Å². The topological polar surface area (TPSA) is 113 Å². The normalized spacial score (nSPS) is 15.1. The number of esters is 2. The van der Waals surface area contributed by atoms with E-state index in [1.807, 2.05) is 0 Å². The summed E-state index contributed by atoms with van der Waals surface area (Å²) < 4.78 is 38.6. The molecule has 0 aromatic rings. The molecule has 0 bridgehead atoms. The number of carbonyl (C=O) groups is 3. The van der Waals surface area contributed by atoms with Crippen LogP contribution in [-0.4, -0.2) is 44.3 Å². The Morgan fingerprint density at radius 1 is 0.923 bits per heavy atom. The summed E-state index contributed by atoms with van der Waals surface area (Å²) in [6, 6.07) is 0. The number of ketones is 1. The van der Waals surface area contributed by atoms with Gasteiger partial charge in [0.2, 0.25) is 5.94 Å². The average molecular weight is 394 g/mol. The monoisotopic (exact) mass is 394 g/mol. The van der Waals surface area contributed by atoms with Crippen molar-refractivity contribution < 1.29 is 36.5 Å². The minimum Gasteiger partial charge on any atom is -0.459 e. The van der Waals surface area contributed by atoms with Gasteiger partial charge in [-0.05, 0) is 54.9 Å². The summed E-state index contributed by atoms with van der Waals surface area (Å²) in [7, 11) is -4.29. The van der Waals surface area contributed by atoms with Crippen molar-refractivity contribution in [2.24, 2.45) is 10.8 Å². The lowest BCUT2D eigenvalue weighted by molar-refractivity contribution is -0.170. The van der Waals surface area contributed by atoms with Gasteiger partial charge < -0.3 is 9.47 Å². The highest BCUT2D eigenvalue weighted by Crippen LogP contribution is 2.25. The van der Waals surface area contributed by atoms with E-state index in [0.29, 0.717) is 6.42 Å². The molecule has 0 fully saturated rings. The van der Waals surface area contributed by atoms with E-state index < -0.39 is 56.8 Å². The summed E-state index contributed by atoms with van der Waals surface area (Å²) in [6.07, 6.45) is 0.466.